The van der Waals surface area contributed by atoms with Crippen LogP contribution in [0.4, 0.5) is 0 Å². The van der Waals surface area contributed by atoms with Gasteiger partial charge in [-0.3, -0.25) is 4.79 Å². The van der Waals surface area contributed by atoms with Gasteiger partial charge in [0.2, 0.25) is 0 Å². The Morgan fingerprint density at radius 3 is 2.19 bits per heavy atom. The van der Waals surface area contributed by atoms with Gasteiger partial charge >= 0.3 is 5.97 Å². The molecule has 8 N–H and O–H groups in total. The van der Waals surface area contributed by atoms with Crippen molar-refractivity contribution >= 4 is 5.97 Å². The first-order chi connectivity index (χ1) is 21.6. The maximum atomic E-state index is 13.3. The third-order valence-corrected chi connectivity index (χ3v) is 15.5. The van der Waals surface area contributed by atoms with Gasteiger partial charge in [0.05, 0.1) is 30.5 Å². The van der Waals surface area contributed by atoms with E-state index in [9.17, 15) is 45.6 Å². The molecule has 0 amide bonds. The van der Waals surface area contributed by atoms with Gasteiger partial charge in [-0.25, -0.2) is 0 Å². The molecule has 0 aromatic rings. The Kier molecular flexibility index (Phi) is 8.29. The highest BCUT2D eigenvalue weighted by Gasteiger charge is 2.77. The number of hydrogen-bond donors (Lipinski definition) is 8. The fraction of sp³-hybridized carbons (Fsp3) is 0.917. The van der Waals surface area contributed by atoms with E-state index in [1.54, 1.807) is 0 Å². The molecule has 1 aliphatic heterocycles. The minimum absolute atomic E-state index is 0.117. The van der Waals surface area contributed by atoms with Crippen LogP contribution in [0.1, 0.15) is 99.8 Å². The summed E-state index contributed by atoms with van der Waals surface area (Å²) in [4.78, 5) is 13.0. The van der Waals surface area contributed by atoms with Crippen molar-refractivity contribution in [2.45, 2.75) is 154 Å². The summed E-state index contributed by atoms with van der Waals surface area (Å²) in [6, 6.07) is 0. The van der Waals surface area contributed by atoms with Crippen LogP contribution in [0, 0.1) is 44.3 Å². The molecule has 1 saturated heterocycles. The zero-order valence-electron chi connectivity index (χ0n) is 29.0. The van der Waals surface area contributed by atoms with Crippen molar-refractivity contribution in [3.8, 4) is 0 Å². The molecule has 6 aliphatic rings. The average molecular weight is 667 g/mol. The number of carboxylic acids is 1. The van der Waals surface area contributed by atoms with Crippen molar-refractivity contribution in [2.75, 3.05) is 6.61 Å². The summed E-state index contributed by atoms with van der Waals surface area (Å²) < 4.78 is 12.0. The fourth-order valence-electron chi connectivity index (χ4n) is 12.3. The second-order valence-electron chi connectivity index (χ2n) is 18.1. The number of aliphatic carboxylic acids is 1. The van der Waals surface area contributed by atoms with Gasteiger partial charge in [-0.1, -0.05) is 60.1 Å². The van der Waals surface area contributed by atoms with E-state index in [4.69, 9.17) is 9.47 Å². The molecule has 47 heavy (non-hydrogen) atoms. The number of rotatable bonds is 4. The molecule has 1 heterocycles. The lowest BCUT2D eigenvalue weighted by Gasteiger charge is -2.75. The monoisotopic (exact) mass is 666 g/mol. The molecule has 5 fully saturated rings. The van der Waals surface area contributed by atoms with Crippen LogP contribution in [-0.2, 0) is 14.3 Å². The Balaban J connectivity index is 1.37. The standard InChI is InChI=1S/C36H58O11/c1-30(2)15-19-18-8-11-36(45)33(6,32(18,5)12-13-35(19,29(43)44)23(39)16-30)10-9-21-31(3,4)24(14-22(38)34(21,36)7)47-28-27(42)26(41)25(40)20(17-37)46-28/h8,19-28,37-42,45H,9-17H2,1-7H3,(H,43,44)/t19-,20+,21-,22-,23-,24-,25+,26-,27+,28-,32+,33-,34+,35-,36+/m0/s1. The summed E-state index contributed by atoms with van der Waals surface area (Å²) >= 11 is 0. The molecule has 0 bridgehead atoms. The van der Waals surface area contributed by atoms with E-state index in [1.165, 1.54) is 0 Å². The van der Waals surface area contributed by atoms with Crippen LogP contribution in [0.15, 0.2) is 11.6 Å². The molecule has 0 unspecified atom stereocenters. The number of hydrogen-bond acceptors (Lipinski definition) is 10. The second kappa shape index (κ2) is 10.9. The van der Waals surface area contributed by atoms with Gasteiger partial charge in [-0.15, -0.1) is 0 Å². The number of carbonyl (C=O) groups is 1. The topological polar surface area (TPSA) is 197 Å². The SMILES string of the molecule is CC1(C)C[C@H](O)[C@]2(C(=O)O)CC[C@]3(C)C(=CC[C@]4(O)[C@@]5(C)[C@@H](O)C[C@H](O[C@@H]6O[C@H](CO)[C@@H](O)[C@H](O)[C@H]6O)C(C)(C)[C@@H]5CC[C@]43C)[C@@H]2C1. The maximum Gasteiger partial charge on any atom is 0.312 e. The summed E-state index contributed by atoms with van der Waals surface area (Å²) in [5, 5.41) is 88.5. The number of allylic oxidation sites excluding steroid dienone is 1. The summed E-state index contributed by atoms with van der Waals surface area (Å²) in [5.41, 5.74) is -4.77. The third-order valence-electron chi connectivity index (χ3n) is 15.5. The van der Waals surface area contributed by atoms with Gasteiger partial charge in [0.1, 0.15) is 29.8 Å². The van der Waals surface area contributed by atoms with Crippen molar-refractivity contribution in [2.24, 2.45) is 44.3 Å². The number of carboxylic acid groups (broad SMARTS) is 1. The normalized spacial score (nSPS) is 55.1. The van der Waals surface area contributed by atoms with Gasteiger partial charge in [-0.2, -0.15) is 0 Å². The Labute approximate surface area is 278 Å². The summed E-state index contributed by atoms with van der Waals surface area (Å²) in [5.74, 6) is -1.55. The molecule has 6 rings (SSSR count). The highest BCUT2D eigenvalue weighted by Crippen LogP contribution is 2.77. The van der Waals surface area contributed by atoms with Crippen molar-refractivity contribution in [3.63, 3.8) is 0 Å². The average Bonchev–Trinajstić information content (AvgIpc) is 2.97. The van der Waals surface area contributed by atoms with Gasteiger partial charge in [0.15, 0.2) is 6.29 Å². The van der Waals surface area contributed by atoms with E-state index < -0.39 is 94.3 Å². The van der Waals surface area contributed by atoms with E-state index in [0.717, 1.165) is 5.57 Å². The number of aliphatic hydroxyl groups excluding tert-OH is 6. The highest BCUT2D eigenvalue weighted by molar-refractivity contribution is 5.77. The quantitative estimate of drug-likeness (QED) is 0.162. The van der Waals surface area contributed by atoms with Gasteiger partial charge in [-0.05, 0) is 73.0 Å². The third kappa shape index (κ3) is 4.40. The number of aliphatic hydroxyl groups is 7. The predicted octanol–water partition coefficient (Wildman–Crippen LogP) is 2.11. The first-order valence-electron chi connectivity index (χ1n) is 17.6. The second-order valence-corrected chi connectivity index (χ2v) is 18.1. The van der Waals surface area contributed by atoms with E-state index in [0.29, 0.717) is 38.5 Å². The van der Waals surface area contributed by atoms with Crippen LogP contribution in [-0.4, -0.2) is 108 Å². The molecule has 268 valence electrons. The molecule has 15 atom stereocenters. The Bertz CT molecular complexity index is 1300. The predicted molar refractivity (Wildman–Crippen MR) is 170 cm³/mol. The van der Waals surface area contributed by atoms with E-state index in [1.807, 2.05) is 20.8 Å². The Hall–Kier alpha value is -1.15. The number of ether oxygens (including phenoxy) is 2. The number of fused-ring (bicyclic) bond motifs is 7. The lowest BCUT2D eigenvalue weighted by atomic mass is 9.31. The first-order valence-corrected chi connectivity index (χ1v) is 17.6. The molecule has 11 nitrogen and oxygen atoms in total. The molecular weight excluding hydrogens is 608 g/mol. The van der Waals surface area contributed by atoms with Crippen LogP contribution < -0.4 is 0 Å². The maximum absolute atomic E-state index is 13.3. The highest BCUT2D eigenvalue weighted by atomic mass is 16.7. The molecule has 0 aromatic heterocycles. The molecular formula is C36H58O11. The van der Waals surface area contributed by atoms with E-state index >= 15 is 0 Å². The van der Waals surface area contributed by atoms with Crippen molar-refractivity contribution < 1.29 is 55.1 Å². The molecule has 4 saturated carbocycles. The van der Waals surface area contributed by atoms with Crippen LogP contribution in [0.2, 0.25) is 0 Å². The Morgan fingerprint density at radius 1 is 0.915 bits per heavy atom. The van der Waals surface area contributed by atoms with Crippen LogP contribution >= 0.6 is 0 Å². The van der Waals surface area contributed by atoms with E-state index in [-0.39, 0.29) is 30.1 Å². The molecule has 0 spiro atoms. The first kappa shape index (κ1) is 35.7. The molecule has 11 heteroatoms. The molecule has 0 aromatic carbocycles. The largest absolute Gasteiger partial charge is 0.481 e. The van der Waals surface area contributed by atoms with Crippen LogP contribution in [0.25, 0.3) is 0 Å². The molecule has 0 radical (unpaired) electrons. The summed E-state index contributed by atoms with van der Waals surface area (Å²) in [7, 11) is 0. The van der Waals surface area contributed by atoms with E-state index in [2.05, 4.69) is 33.8 Å². The minimum Gasteiger partial charge on any atom is -0.481 e. The van der Waals surface area contributed by atoms with Crippen molar-refractivity contribution in [1.29, 1.82) is 0 Å². The lowest BCUT2D eigenvalue weighted by Crippen LogP contribution is -2.77. The van der Waals surface area contributed by atoms with Crippen LogP contribution in [0.5, 0.6) is 0 Å². The van der Waals surface area contributed by atoms with Crippen LogP contribution in [0.3, 0.4) is 0 Å². The Morgan fingerprint density at radius 2 is 1.57 bits per heavy atom. The van der Waals surface area contributed by atoms with Gasteiger partial charge in [0, 0.05) is 17.3 Å². The molecule has 5 aliphatic carbocycles. The zero-order valence-corrected chi connectivity index (χ0v) is 29.0. The fourth-order valence-corrected chi connectivity index (χ4v) is 12.3. The van der Waals surface area contributed by atoms with Gasteiger partial charge < -0.3 is 50.3 Å². The van der Waals surface area contributed by atoms with Gasteiger partial charge in [0.25, 0.3) is 0 Å². The smallest absolute Gasteiger partial charge is 0.312 e. The lowest BCUT2D eigenvalue weighted by molar-refractivity contribution is -0.353. The summed E-state index contributed by atoms with van der Waals surface area (Å²) in [6.07, 6.45) is -4.18. The van der Waals surface area contributed by atoms with Crippen molar-refractivity contribution in [3.05, 3.63) is 11.6 Å². The zero-order chi connectivity index (χ0) is 34.9. The summed E-state index contributed by atoms with van der Waals surface area (Å²) in [6.45, 7) is 13.9. The minimum atomic E-state index is -1.58. The van der Waals surface area contributed by atoms with Crippen molar-refractivity contribution in [1.82, 2.24) is 0 Å².